The van der Waals surface area contributed by atoms with Crippen LogP contribution in [0.5, 0.6) is 17.2 Å². The van der Waals surface area contributed by atoms with E-state index in [1.165, 1.54) is 32.2 Å². The van der Waals surface area contributed by atoms with Gasteiger partial charge in [-0.2, -0.15) is 0 Å². The summed E-state index contributed by atoms with van der Waals surface area (Å²) in [4.78, 5) is 51.8. The van der Waals surface area contributed by atoms with Crippen molar-refractivity contribution in [2.24, 2.45) is 5.73 Å². The summed E-state index contributed by atoms with van der Waals surface area (Å²) >= 11 is 0. The largest absolute Gasteiger partial charge is 1.00 e. The van der Waals surface area contributed by atoms with Crippen LogP contribution < -0.4 is 45.1 Å². The van der Waals surface area contributed by atoms with Gasteiger partial charge in [0.2, 0.25) is 5.78 Å². The number of methoxy groups -OCH3 is 1. The molecule has 52 heavy (non-hydrogen) atoms. The molecule has 0 aromatic heterocycles. The molecular formula is C33H36NNaO17. The first-order valence-corrected chi connectivity index (χ1v) is 15.9. The molecule has 2 aliphatic heterocycles. The van der Waals surface area contributed by atoms with Crippen LogP contribution in [0.1, 0.15) is 68.8 Å². The Bertz CT molecular complexity index is 1780. The first-order chi connectivity index (χ1) is 24.0. The first-order valence-electron chi connectivity index (χ1n) is 15.9. The molecule has 0 radical (unpaired) electrons. The molecule has 1 unspecified atom stereocenters. The third kappa shape index (κ3) is 6.55. The number of fused-ring (bicyclic) bond motifs is 3. The second-order valence-electron chi connectivity index (χ2n) is 13.0. The molecule has 9 N–H and O–H groups in total. The first kappa shape index (κ1) is 40.1. The number of phenolic OH excluding ortho intramolecular Hbond substituents is 2. The molecule has 0 saturated carbocycles. The van der Waals surface area contributed by atoms with Crippen LogP contribution in [0.4, 0.5) is 0 Å². The van der Waals surface area contributed by atoms with Crippen LogP contribution in [-0.4, -0.2) is 134 Å². The normalized spacial score (nSPS) is 34.0. The molecule has 276 valence electrons. The number of phenols is 2. The minimum absolute atomic E-state index is 0. The van der Waals surface area contributed by atoms with E-state index in [4.69, 9.17) is 29.4 Å². The maximum absolute atomic E-state index is 13.8. The van der Waals surface area contributed by atoms with Crippen molar-refractivity contribution in [3.8, 4) is 17.2 Å². The molecular weight excluding hydrogens is 705 g/mol. The van der Waals surface area contributed by atoms with Crippen LogP contribution >= 0.6 is 0 Å². The van der Waals surface area contributed by atoms with Crippen molar-refractivity contribution < 1.29 is 113 Å². The van der Waals surface area contributed by atoms with Crippen molar-refractivity contribution >= 4 is 23.3 Å². The summed E-state index contributed by atoms with van der Waals surface area (Å²) in [6.07, 6.45) is -16.2. The molecule has 2 fully saturated rings. The summed E-state index contributed by atoms with van der Waals surface area (Å²) in [7, 11) is 1.28. The van der Waals surface area contributed by atoms with Gasteiger partial charge in [0.15, 0.2) is 24.1 Å². The van der Waals surface area contributed by atoms with E-state index >= 15 is 0 Å². The Morgan fingerprint density at radius 1 is 1.00 bits per heavy atom. The number of rotatable bonds is 8. The minimum Gasteiger partial charge on any atom is -0.547 e. The topological polar surface area (TPSA) is 305 Å². The van der Waals surface area contributed by atoms with Crippen LogP contribution in [0.2, 0.25) is 0 Å². The number of carbonyl (C=O) groups is 4. The van der Waals surface area contributed by atoms with Crippen molar-refractivity contribution in [2.45, 2.75) is 93.1 Å². The number of ketones is 3. The molecule has 2 heterocycles. The van der Waals surface area contributed by atoms with Gasteiger partial charge in [0, 0.05) is 42.0 Å². The fraction of sp³-hybridized carbons (Fsp3) is 0.515. The van der Waals surface area contributed by atoms with Gasteiger partial charge in [0.05, 0.1) is 42.0 Å². The maximum atomic E-state index is 13.8. The predicted molar refractivity (Wildman–Crippen MR) is 162 cm³/mol. The number of benzene rings is 2. The Labute approximate surface area is 316 Å². The third-order valence-electron chi connectivity index (χ3n) is 9.86. The molecule has 6 rings (SSSR count). The molecule has 2 aliphatic carbocycles. The number of Topliss-reactive ketones (excluding diaryl/α,β-unsaturated/α-hetero) is 1. The number of aliphatic hydroxyl groups excluding tert-OH is 4. The number of aromatic hydroxyl groups is 2. The number of ether oxygens (including phenoxy) is 5. The van der Waals surface area contributed by atoms with E-state index in [0.29, 0.717) is 0 Å². The van der Waals surface area contributed by atoms with Crippen LogP contribution in [0, 0.1) is 0 Å². The molecule has 0 bridgehead atoms. The maximum Gasteiger partial charge on any atom is 1.00 e. The number of nitrogens with two attached hydrogens (primary N) is 1. The molecule has 2 saturated heterocycles. The summed E-state index contributed by atoms with van der Waals surface area (Å²) in [5.74, 6) is -6.15. The van der Waals surface area contributed by atoms with Gasteiger partial charge in [0.25, 0.3) is 0 Å². The third-order valence-corrected chi connectivity index (χ3v) is 9.86. The van der Waals surface area contributed by atoms with Crippen LogP contribution in [0.25, 0.3) is 0 Å². The Hall–Kier alpha value is -3.08. The Morgan fingerprint density at radius 2 is 1.67 bits per heavy atom. The van der Waals surface area contributed by atoms with Gasteiger partial charge in [-0.1, -0.05) is 12.1 Å². The van der Waals surface area contributed by atoms with Crippen LogP contribution in [-0.2, 0) is 35.0 Å². The molecule has 18 nitrogen and oxygen atoms in total. The van der Waals surface area contributed by atoms with Gasteiger partial charge in [-0.3, -0.25) is 14.4 Å². The molecule has 2 aromatic rings. The average molecular weight is 742 g/mol. The number of hydrogen-bond donors (Lipinski definition) is 8. The van der Waals surface area contributed by atoms with E-state index in [9.17, 15) is 60.0 Å². The van der Waals surface area contributed by atoms with E-state index in [1.807, 2.05) is 0 Å². The van der Waals surface area contributed by atoms with Crippen LogP contribution in [0.15, 0.2) is 18.2 Å². The van der Waals surface area contributed by atoms with Gasteiger partial charge in [-0.05, 0) is 13.0 Å². The number of aliphatic carboxylic acids is 1. The zero-order valence-electron chi connectivity index (χ0n) is 28.1. The van der Waals surface area contributed by atoms with Crippen LogP contribution in [0.3, 0.4) is 0 Å². The number of aliphatic hydroxyl groups is 5. The number of hydrogen-bond acceptors (Lipinski definition) is 18. The van der Waals surface area contributed by atoms with E-state index in [-0.39, 0.29) is 64.0 Å². The molecule has 0 spiro atoms. The van der Waals surface area contributed by atoms with Crippen molar-refractivity contribution in [3.63, 3.8) is 0 Å². The zero-order chi connectivity index (χ0) is 37.3. The van der Waals surface area contributed by atoms with Crippen molar-refractivity contribution in [2.75, 3.05) is 13.7 Å². The minimum atomic E-state index is -2.38. The van der Waals surface area contributed by atoms with Crippen molar-refractivity contribution in [3.05, 3.63) is 51.6 Å². The monoisotopic (exact) mass is 741 g/mol. The van der Waals surface area contributed by atoms with Gasteiger partial charge < -0.3 is 75.1 Å². The van der Waals surface area contributed by atoms with E-state index in [0.717, 1.165) is 0 Å². The van der Waals surface area contributed by atoms with Gasteiger partial charge in [-0.25, -0.2) is 0 Å². The second-order valence-corrected chi connectivity index (χ2v) is 13.0. The molecule has 19 heteroatoms. The fourth-order valence-electron chi connectivity index (χ4n) is 7.26. The zero-order valence-corrected chi connectivity index (χ0v) is 30.1. The Kier molecular flexibility index (Phi) is 11.6. The molecule has 4 aliphatic rings. The van der Waals surface area contributed by atoms with Gasteiger partial charge in [0.1, 0.15) is 60.0 Å². The number of carbonyl (C=O) groups excluding carboxylic acids is 4. The molecule has 11 atom stereocenters. The number of carboxylic acids is 1. The molecule has 2 aromatic carbocycles. The van der Waals surface area contributed by atoms with Crippen molar-refractivity contribution in [1.29, 1.82) is 0 Å². The van der Waals surface area contributed by atoms with Gasteiger partial charge >= 0.3 is 29.6 Å². The van der Waals surface area contributed by atoms with E-state index < -0.39 is 132 Å². The van der Waals surface area contributed by atoms with Crippen molar-refractivity contribution in [1.82, 2.24) is 0 Å². The standard InChI is InChI=1S/C33H37NO17.Na/c1-10-29(50-32-28(43)26(41)27(42)30(51-32)31(44)45)13(34)6-17(48-10)49-15-8-33(46,16(36)9-35)7-12-19(15)25(40)21-20(23(12)38)22(37)11-4-3-5-14(47-2)18(11)24(21)39;/h3-5,10,13,15,17,26-30,32,35,38,40-43,46H,6-9,34H2,1-2H3,(H,44,45);/q;+1/p-1/t10-,13-,15-,17-,26+,27+,28-,29-,30+,32?,33-;/m0./s1. The predicted octanol–water partition coefficient (Wildman–Crippen LogP) is -6.41. The smallest absolute Gasteiger partial charge is 0.547 e. The summed E-state index contributed by atoms with van der Waals surface area (Å²) in [6.45, 7) is 0.354. The summed E-state index contributed by atoms with van der Waals surface area (Å²) in [5.41, 5.74) is 2.07. The summed E-state index contributed by atoms with van der Waals surface area (Å²) < 4.78 is 28.2. The summed E-state index contributed by atoms with van der Waals surface area (Å²) in [5, 5.41) is 86.2. The quantitative estimate of drug-likeness (QED) is 0.0786. The second kappa shape index (κ2) is 15.0. The number of carboxylic acid groups (broad SMARTS) is 1. The van der Waals surface area contributed by atoms with Gasteiger partial charge in [-0.15, -0.1) is 0 Å². The molecule has 0 amide bonds. The SMILES string of the molecule is COc1cccc2c1C(=O)c1c(O)c3c(c(O)c1C2=O)C[C@@](O)(C(=O)CO)C[C@@H]3O[C@H]1C[C@H](N)[C@@H](OC2O[C@@H](C(=O)[O-])[C@H](O)[C@@H](O)[C@@H]2O)[C@H](C)O1.[Na+]. The van der Waals surface area contributed by atoms with E-state index in [1.54, 1.807) is 0 Å². The Morgan fingerprint density at radius 3 is 2.29 bits per heavy atom. The Balaban J connectivity index is 0.00000523. The summed E-state index contributed by atoms with van der Waals surface area (Å²) in [6, 6.07) is 3.21. The fourth-order valence-corrected chi connectivity index (χ4v) is 7.26. The average Bonchev–Trinajstić information content (AvgIpc) is 3.08. The van der Waals surface area contributed by atoms with E-state index in [2.05, 4.69) is 0 Å².